The number of allylic oxidation sites excluding steroid dienone is 1. The Morgan fingerprint density at radius 3 is 2.50 bits per heavy atom. The summed E-state index contributed by atoms with van der Waals surface area (Å²) in [5, 5.41) is 2.98. The van der Waals surface area contributed by atoms with Crippen LogP contribution >= 0.6 is 11.3 Å². The van der Waals surface area contributed by atoms with Gasteiger partial charge < -0.3 is 14.8 Å². The van der Waals surface area contributed by atoms with Gasteiger partial charge in [0.25, 0.3) is 11.5 Å². The van der Waals surface area contributed by atoms with Crippen LogP contribution in [0.15, 0.2) is 99.9 Å². The predicted molar refractivity (Wildman–Crippen MR) is 159 cm³/mol. The third-order valence-corrected chi connectivity index (χ3v) is 7.32. The summed E-state index contributed by atoms with van der Waals surface area (Å²) in [6, 6.07) is 23.7. The molecule has 0 unspecified atom stereocenters. The number of carbonyl (C=O) groups excluding carboxylic acids is 1. The largest absolute Gasteiger partial charge is 0.494 e. The van der Waals surface area contributed by atoms with Crippen molar-refractivity contribution in [3.63, 3.8) is 0 Å². The molecule has 5 rings (SSSR count). The molecule has 0 saturated carbocycles. The minimum atomic E-state index is -0.659. The van der Waals surface area contributed by atoms with Gasteiger partial charge in [0.05, 0.1) is 34.6 Å². The average molecular weight is 554 g/mol. The Bertz CT molecular complexity index is 1740. The summed E-state index contributed by atoms with van der Waals surface area (Å²) in [6.45, 7) is 8.22. The Labute approximate surface area is 236 Å². The fourth-order valence-electron chi connectivity index (χ4n) is 4.66. The van der Waals surface area contributed by atoms with Gasteiger partial charge in [0.1, 0.15) is 11.5 Å². The summed E-state index contributed by atoms with van der Waals surface area (Å²) >= 11 is 1.30. The summed E-state index contributed by atoms with van der Waals surface area (Å²) in [5.41, 5.74) is 3.07. The zero-order valence-electron chi connectivity index (χ0n) is 22.9. The van der Waals surface area contributed by atoms with Crippen molar-refractivity contribution in [1.29, 1.82) is 0 Å². The van der Waals surface area contributed by atoms with E-state index in [2.05, 4.69) is 5.32 Å². The van der Waals surface area contributed by atoms with E-state index in [9.17, 15) is 9.59 Å². The maximum atomic E-state index is 13.9. The smallest absolute Gasteiger partial charge is 0.271 e. The lowest BCUT2D eigenvalue weighted by molar-refractivity contribution is -0.113. The van der Waals surface area contributed by atoms with E-state index in [1.807, 2.05) is 113 Å². The van der Waals surface area contributed by atoms with E-state index in [1.165, 1.54) is 11.3 Å². The quantitative estimate of drug-likeness (QED) is 0.331. The molecule has 0 fully saturated rings. The highest BCUT2D eigenvalue weighted by Gasteiger charge is 2.32. The molecule has 3 aromatic carbocycles. The fraction of sp³-hybridized carbons (Fsp3) is 0.219. The SMILES string of the molecule is CCOc1ccc([C@@H]2C(C(=O)Nc3ccccc3)=C(C)N=c3s/c(=C\c4cccc(OC(C)C)c4)c(=O)n32)cc1. The summed E-state index contributed by atoms with van der Waals surface area (Å²) in [6.07, 6.45) is 1.88. The molecule has 0 radical (unpaired) electrons. The summed E-state index contributed by atoms with van der Waals surface area (Å²) in [7, 11) is 0. The number of hydrogen-bond donors (Lipinski definition) is 1. The highest BCUT2D eigenvalue weighted by Crippen LogP contribution is 2.31. The van der Waals surface area contributed by atoms with E-state index in [0.29, 0.717) is 32.9 Å². The molecule has 1 aliphatic heterocycles. The van der Waals surface area contributed by atoms with E-state index in [0.717, 1.165) is 22.6 Å². The van der Waals surface area contributed by atoms with Crippen LogP contribution in [0.4, 0.5) is 5.69 Å². The van der Waals surface area contributed by atoms with Crippen molar-refractivity contribution in [3.8, 4) is 11.5 Å². The first kappa shape index (κ1) is 27.1. The van der Waals surface area contributed by atoms with Gasteiger partial charge in [-0.15, -0.1) is 0 Å². The molecule has 1 atom stereocenters. The van der Waals surface area contributed by atoms with Crippen molar-refractivity contribution in [2.45, 2.75) is 39.8 Å². The number of fused-ring (bicyclic) bond motifs is 1. The van der Waals surface area contributed by atoms with Crippen LogP contribution in [0.2, 0.25) is 0 Å². The van der Waals surface area contributed by atoms with Crippen molar-refractivity contribution in [2.24, 2.45) is 4.99 Å². The number of para-hydroxylation sites is 1. The first-order valence-corrected chi connectivity index (χ1v) is 14.0. The third-order valence-electron chi connectivity index (χ3n) is 6.33. The molecule has 40 heavy (non-hydrogen) atoms. The summed E-state index contributed by atoms with van der Waals surface area (Å²) in [5.74, 6) is 1.15. The molecular formula is C32H31N3O4S. The first-order chi connectivity index (χ1) is 19.3. The number of rotatable bonds is 8. The zero-order valence-corrected chi connectivity index (χ0v) is 23.7. The third kappa shape index (κ3) is 5.77. The van der Waals surface area contributed by atoms with E-state index in [-0.39, 0.29) is 17.6 Å². The fourth-order valence-corrected chi connectivity index (χ4v) is 5.71. The molecule has 8 heteroatoms. The van der Waals surface area contributed by atoms with Crippen molar-refractivity contribution in [2.75, 3.05) is 11.9 Å². The van der Waals surface area contributed by atoms with E-state index in [4.69, 9.17) is 14.5 Å². The monoisotopic (exact) mass is 553 g/mol. The van der Waals surface area contributed by atoms with E-state index < -0.39 is 6.04 Å². The standard InChI is InChI=1S/C32H31N3O4S/c1-5-38-25-16-14-23(15-17-25)29-28(30(36)34-24-11-7-6-8-12-24)21(4)33-32-35(29)31(37)27(40-32)19-22-10-9-13-26(18-22)39-20(2)3/h6-20,29H,5H2,1-4H3,(H,34,36)/b27-19-/t29-/m1/s1. The number of nitrogens with zero attached hydrogens (tertiary/aromatic N) is 2. The zero-order chi connectivity index (χ0) is 28.2. The van der Waals surface area contributed by atoms with Crippen LogP contribution in [0.3, 0.4) is 0 Å². The predicted octanol–water partition coefficient (Wildman–Crippen LogP) is 5.06. The second-order valence-corrected chi connectivity index (χ2v) is 10.7. The maximum absolute atomic E-state index is 13.9. The van der Waals surface area contributed by atoms with Crippen molar-refractivity contribution in [1.82, 2.24) is 4.57 Å². The van der Waals surface area contributed by atoms with Crippen molar-refractivity contribution >= 4 is 29.0 Å². The Morgan fingerprint density at radius 1 is 1.05 bits per heavy atom. The Morgan fingerprint density at radius 2 is 1.80 bits per heavy atom. The molecule has 0 bridgehead atoms. The van der Waals surface area contributed by atoms with Gasteiger partial charge in [0.15, 0.2) is 4.80 Å². The van der Waals surface area contributed by atoms with Crippen LogP contribution in [0.5, 0.6) is 11.5 Å². The second-order valence-electron chi connectivity index (χ2n) is 9.64. The molecule has 4 aromatic rings. The minimum Gasteiger partial charge on any atom is -0.494 e. The van der Waals surface area contributed by atoms with Crippen LogP contribution in [0.1, 0.15) is 44.9 Å². The van der Waals surface area contributed by atoms with Gasteiger partial charge in [-0.05, 0) is 81.3 Å². The first-order valence-electron chi connectivity index (χ1n) is 13.2. The lowest BCUT2D eigenvalue weighted by Gasteiger charge is -2.25. The molecular weight excluding hydrogens is 522 g/mol. The van der Waals surface area contributed by atoms with Crippen LogP contribution in [0.25, 0.3) is 6.08 Å². The lowest BCUT2D eigenvalue weighted by Crippen LogP contribution is -2.40. The minimum absolute atomic E-state index is 0.0399. The van der Waals surface area contributed by atoms with Gasteiger partial charge in [-0.25, -0.2) is 4.99 Å². The topological polar surface area (TPSA) is 81.9 Å². The van der Waals surface area contributed by atoms with E-state index in [1.54, 1.807) is 4.57 Å². The molecule has 204 valence electrons. The normalized spacial score (nSPS) is 15.0. The number of carbonyl (C=O) groups is 1. The average Bonchev–Trinajstić information content (AvgIpc) is 3.23. The van der Waals surface area contributed by atoms with Gasteiger partial charge >= 0.3 is 0 Å². The number of amides is 1. The van der Waals surface area contributed by atoms with Crippen molar-refractivity contribution < 1.29 is 14.3 Å². The van der Waals surface area contributed by atoms with Gasteiger partial charge in [-0.3, -0.25) is 14.2 Å². The highest BCUT2D eigenvalue weighted by molar-refractivity contribution is 7.07. The molecule has 0 spiro atoms. The van der Waals surface area contributed by atoms with E-state index >= 15 is 0 Å². The molecule has 0 aliphatic carbocycles. The number of anilines is 1. The van der Waals surface area contributed by atoms with Crippen LogP contribution in [-0.2, 0) is 4.79 Å². The summed E-state index contributed by atoms with van der Waals surface area (Å²) in [4.78, 5) is 32.9. The van der Waals surface area contributed by atoms with Crippen LogP contribution in [0, 0.1) is 0 Å². The number of benzene rings is 3. The number of thiazole rings is 1. The molecule has 7 nitrogen and oxygen atoms in total. The number of ether oxygens (including phenoxy) is 2. The van der Waals surface area contributed by atoms with Gasteiger partial charge in [-0.1, -0.05) is 53.8 Å². The summed E-state index contributed by atoms with van der Waals surface area (Å²) < 4.78 is 13.6. The second kappa shape index (κ2) is 11.8. The molecule has 1 aromatic heterocycles. The molecule has 0 saturated heterocycles. The van der Waals surface area contributed by atoms with Crippen LogP contribution < -0.4 is 29.7 Å². The molecule has 2 heterocycles. The van der Waals surface area contributed by atoms with Gasteiger partial charge in [0.2, 0.25) is 0 Å². The Hall–Kier alpha value is -4.43. The Balaban J connectivity index is 1.63. The number of nitrogens with one attached hydrogen (secondary N) is 1. The van der Waals surface area contributed by atoms with Gasteiger partial charge in [0, 0.05) is 5.69 Å². The lowest BCUT2D eigenvalue weighted by atomic mass is 9.95. The molecule has 1 aliphatic rings. The molecule has 1 amide bonds. The maximum Gasteiger partial charge on any atom is 0.271 e. The Kier molecular flexibility index (Phi) is 7.98. The van der Waals surface area contributed by atoms with Crippen LogP contribution in [-0.4, -0.2) is 23.2 Å². The number of aromatic nitrogens is 1. The van der Waals surface area contributed by atoms with Gasteiger partial charge in [-0.2, -0.15) is 0 Å². The highest BCUT2D eigenvalue weighted by atomic mass is 32.1. The molecule has 1 N–H and O–H groups in total. The number of hydrogen-bond acceptors (Lipinski definition) is 6. The van der Waals surface area contributed by atoms with Crippen molar-refractivity contribution in [3.05, 3.63) is 121 Å².